The number of imide groups is 2. The molecule has 15 nitrogen and oxygen atoms in total. The zero-order chi connectivity index (χ0) is 42.4. The van der Waals surface area contributed by atoms with Gasteiger partial charge in [-0.15, -0.1) is 0 Å². The number of carbonyl (C=O) groups excluding carboxylic acids is 7. The monoisotopic (exact) mass is 1080 g/mol. The van der Waals surface area contributed by atoms with Gasteiger partial charge in [-0.2, -0.15) is 0 Å². The van der Waals surface area contributed by atoms with Gasteiger partial charge in [-0.05, 0) is 103 Å². The smallest absolute Gasteiger partial charge is 1.00 e. The molecule has 1 N–H and O–H groups in total. The number of benzene rings is 2. The number of rotatable bonds is 4. The Kier molecular flexibility index (Phi) is 19.6. The number of nitrogens with one attached hydrogen (secondary N) is 1. The average molecular weight is 1080 g/mol. The minimum atomic E-state index is -1.31. The molecule has 2 unspecified atom stereocenters. The fraction of sp³-hybridized carbons (Fsp3) is 0.525. The summed E-state index contributed by atoms with van der Waals surface area (Å²) < 4.78 is 23.0. The first-order chi connectivity index (χ1) is 26.5. The van der Waals surface area contributed by atoms with E-state index in [2.05, 4.69) is 64.1 Å². The molecule has 8 rings (SSSR count). The van der Waals surface area contributed by atoms with E-state index in [4.69, 9.17) is 29.0 Å². The van der Waals surface area contributed by atoms with Crippen LogP contribution in [0.4, 0.5) is 9.59 Å². The molecule has 318 valence electrons. The number of hydrogen-bond donors (Lipinski definition) is 1. The number of nitrogens with zero attached hydrogens (tertiary/aromatic N) is 1. The summed E-state index contributed by atoms with van der Waals surface area (Å²) in [5.41, 5.74) is 0.313. The van der Waals surface area contributed by atoms with Crippen LogP contribution in [0.1, 0.15) is 111 Å². The molecule has 0 radical (unpaired) electrons. The maximum absolute atomic E-state index is 13.2. The van der Waals surface area contributed by atoms with Crippen molar-refractivity contribution in [2.75, 3.05) is 11.9 Å². The summed E-state index contributed by atoms with van der Waals surface area (Å²) in [5.74, 6) is -1.64. The zero-order valence-corrected chi connectivity index (χ0v) is 45.1. The third kappa shape index (κ3) is 12.2. The third-order valence-corrected chi connectivity index (χ3v) is 11.5. The van der Waals surface area contributed by atoms with Crippen LogP contribution >= 0.6 is 47.8 Å². The molecule has 2 atom stereocenters. The summed E-state index contributed by atoms with van der Waals surface area (Å²) in [5, 5.41) is 11.0. The quantitative estimate of drug-likeness (QED) is 0.0852. The van der Waals surface area contributed by atoms with E-state index >= 15 is 0 Å². The van der Waals surface area contributed by atoms with Crippen LogP contribution in [-0.4, -0.2) is 70.4 Å². The Bertz CT molecular complexity index is 2020. The molecule has 0 bridgehead atoms. The van der Waals surface area contributed by atoms with Crippen LogP contribution < -0.4 is 113 Å². The Morgan fingerprint density at radius 3 is 1.60 bits per heavy atom. The molecule has 2 saturated carbocycles. The van der Waals surface area contributed by atoms with E-state index < -0.39 is 47.4 Å². The third-order valence-electron chi connectivity index (χ3n) is 10.1. The summed E-state index contributed by atoms with van der Waals surface area (Å²) in [6, 6.07) is 11.5. The second-order valence-electron chi connectivity index (χ2n) is 16.5. The molecule has 2 aromatic rings. The van der Waals surface area contributed by atoms with Gasteiger partial charge in [-0.1, -0.05) is 67.3 Å². The molecule has 20 heteroatoms. The zero-order valence-electron chi connectivity index (χ0n) is 35.1. The SMILES string of the molecule is C.CC(C)(C)OC(=O)CBr.CC(C)(C)OC(=O)CN1C(=O)OC2(CC3(CC3)c3cc(Br)ccc32)C1=O.O=C1NC(=O)C2(CC3(CC3)c3cc(Br)ccc32)O1.O=CO[O-].[H-].[K+].[K+]. The summed E-state index contributed by atoms with van der Waals surface area (Å²) in [7, 11) is 0. The molecule has 4 fully saturated rings. The molecule has 4 spiro atoms. The van der Waals surface area contributed by atoms with E-state index in [-0.39, 0.29) is 152 Å². The number of amides is 4. The van der Waals surface area contributed by atoms with Crippen molar-refractivity contribution in [3.63, 3.8) is 0 Å². The Balaban J connectivity index is 0.000000465. The second-order valence-corrected chi connectivity index (χ2v) is 18.9. The molecule has 4 aliphatic carbocycles. The van der Waals surface area contributed by atoms with Gasteiger partial charge in [0.2, 0.25) is 11.2 Å². The Labute approximate surface area is 460 Å². The van der Waals surface area contributed by atoms with Crippen molar-refractivity contribution in [1.82, 2.24) is 10.2 Å². The van der Waals surface area contributed by atoms with Crippen LogP contribution in [-0.2, 0) is 69.8 Å². The Morgan fingerprint density at radius 1 is 0.800 bits per heavy atom. The van der Waals surface area contributed by atoms with E-state index in [1.807, 2.05) is 51.1 Å². The predicted molar refractivity (Wildman–Crippen MR) is 216 cm³/mol. The number of carbonyl (C=O) groups is 7. The van der Waals surface area contributed by atoms with Crippen molar-refractivity contribution >= 4 is 90.2 Å². The average Bonchev–Trinajstić information content (AvgIpc) is 3.98. The van der Waals surface area contributed by atoms with Crippen molar-refractivity contribution in [3.05, 3.63) is 67.6 Å². The van der Waals surface area contributed by atoms with Crippen LogP contribution in [0.2, 0.25) is 0 Å². The van der Waals surface area contributed by atoms with Crippen LogP contribution in [0.5, 0.6) is 0 Å². The van der Waals surface area contributed by atoms with Gasteiger partial charge in [0.1, 0.15) is 23.1 Å². The molecule has 2 saturated heterocycles. The van der Waals surface area contributed by atoms with E-state index in [9.17, 15) is 28.8 Å². The Morgan fingerprint density at radius 2 is 1.23 bits per heavy atom. The van der Waals surface area contributed by atoms with Crippen LogP contribution in [0, 0.1) is 0 Å². The van der Waals surface area contributed by atoms with Gasteiger partial charge in [0.15, 0.2) is 0 Å². The summed E-state index contributed by atoms with van der Waals surface area (Å²) in [4.78, 5) is 83.8. The maximum Gasteiger partial charge on any atom is 1.00 e. The van der Waals surface area contributed by atoms with Gasteiger partial charge < -0.3 is 30.5 Å². The molecular weight excluding hydrogens is 1030 g/mol. The second kappa shape index (κ2) is 21.1. The normalized spacial score (nSPS) is 22.3. The number of esters is 2. The minimum absolute atomic E-state index is 0. The van der Waals surface area contributed by atoms with Gasteiger partial charge in [-0.3, -0.25) is 29.3 Å². The van der Waals surface area contributed by atoms with Gasteiger partial charge in [0, 0.05) is 43.7 Å². The predicted octanol–water partition coefficient (Wildman–Crippen LogP) is 0.661. The Hall–Kier alpha value is -0.597. The van der Waals surface area contributed by atoms with E-state index in [0.717, 1.165) is 61.8 Å². The molecule has 4 amide bonds. The molecule has 2 aliphatic heterocycles. The van der Waals surface area contributed by atoms with Crippen molar-refractivity contribution in [2.45, 2.75) is 121 Å². The number of fused-ring (bicyclic) bond motifs is 6. The number of alkyl carbamates (subject to hydrolysis) is 1. The fourth-order valence-corrected chi connectivity index (χ4v) is 8.54. The molecular formula is C40H47Br3K2N2O13. The van der Waals surface area contributed by atoms with Gasteiger partial charge in [-0.25, -0.2) is 14.5 Å². The number of hydrogen-bond acceptors (Lipinski definition) is 13. The van der Waals surface area contributed by atoms with Crippen molar-refractivity contribution < 1.29 is 167 Å². The van der Waals surface area contributed by atoms with Gasteiger partial charge >= 0.3 is 127 Å². The van der Waals surface area contributed by atoms with Crippen molar-refractivity contribution in [1.29, 1.82) is 0 Å². The molecule has 0 aromatic heterocycles. The topological polar surface area (TPSA) is 204 Å². The van der Waals surface area contributed by atoms with Crippen LogP contribution in [0.3, 0.4) is 0 Å². The molecule has 2 heterocycles. The van der Waals surface area contributed by atoms with Gasteiger partial charge in [0.05, 0.1) is 0 Å². The summed E-state index contributed by atoms with van der Waals surface area (Å²) >= 11 is 9.93. The van der Waals surface area contributed by atoms with Crippen LogP contribution in [0.25, 0.3) is 0 Å². The summed E-state index contributed by atoms with van der Waals surface area (Å²) in [6.45, 7) is 10.1. The first kappa shape index (κ1) is 55.5. The number of ether oxygens (including phenoxy) is 4. The number of alkyl halides is 1. The fourth-order valence-electron chi connectivity index (χ4n) is 7.70. The van der Waals surface area contributed by atoms with E-state index in [0.29, 0.717) is 12.8 Å². The van der Waals surface area contributed by atoms with Crippen molar-refractivity contribution in [2.24, 2.45) is 0 Å². The molecule has 2 aromatic carbocycles. The molecule has 6 aliphatic rings. The minimum Gasteiger partial charge on any atom is -1.00 e. The summed E-state index contributed by atoms with van der Waals surface area (Å²) in [6.07, 6.45) is 3.67. The number of halogens is 3. The van der Waals surface area contributed by atoms with Crippen molar-refractivity contribution in [3.8, 4) is 0 Å². The first-order valence-electron chi connectivity index (χ1n) is 17.9. The first-order valence-corrected chi connectivity index (χ1v) is 20.6. The van der Waals surface area contributed by atoms with E-state index in [1.54, 1.807) is 20.8 Å². The van der Waals surface area contributed by atoms with Gasteiger partial charge in [0.25, 0.3) is 18.3 Å². The molecule has 60 heavy (non-hydrogen) atoms. The van der Waals surface area contributed by atoms with Crippen LogP contribution in [0.15, 0.2) is 45.3 Å². The largest absolute Gasteiger partial charge is 1.00 e. The standard InChI is InChI=1S/C19H20BrNO5.C13H10BrNO3.C6H11BrO2.CH2O3.CH4.2K.H/c1-17(2,3)25-14(22)9-21-15(23)19(26-16(21)24)10-18(6-7-18)13-8-11(20)4-5-12(13)19;14-7-1-2-8-9(5-7)12(3-4-12)6-13(8)10(16)15-11(17)18-13;1-6(2,3)9-5(8)4-7;2-1-4-3;;;;/h4-5,8H,6-7,9-10H2,1-3H3;1-2,5H,3-4,6H2,(H,15,16,17);4H2,1-3H3;1,3H;1H4;;;/q;;;;;2*+1;-1/p-1. The van der Waals surface area contributed by atoms with E-state index in [1.165, 1.54) is 0 Å². The maximum atomic E-state index is 13.2.